The van der Waals surface area contributed by atoms with Crippen LogP contribution in [0, 0.1) is 5.21 Å². The van der Waals surface area contributed by atoms with E-state index in [4.69, 9.17) is 23.7 Å². The highest BCUT2D eigenvalue weighted by Gasteiger charge is 2.61. The van der Waals surface area contributed by atoms with Crippen LogP contribution >= 0.6 is 0 Å². The van der Waals surface area contributed by atoms with E-state index in [9.17, 15) is 5.21 Å². The summed E-state index contributed by atoms with van der Waals surface area (Å²) in [6.07, 6.45) is 4.83. The Morgan fingerprint density at radius 1 is 1.08 bits per heavy atom. The molecule has 140 valence electrons. The van der Waals surface area contributed by atoms with Crippen LogP contribution in [-0.2, 0) is 23.7 Å². The van der Waals surface area contributed by atoms with Gasteiger partial charge in [-0.05, 0) is 47.0 Å². The molecule has 3 heterocycles. The Bertz CT molecular complexity index is 598. The fraction of sp³-hybridized carbons (Fsp3) is 0.833. The van der Waals surface area contributed by atoms with Crippen molar-refractivity contribution in [3.05, 3.63) is 16.9 Å². The third kappa shape index (κ3) is 3.48. The SMILES string of the molecule is CC1(C)O[C@H]2[C@@H](O1)[C@@H](C/[N+]([O-])=C/C1=CCCC1)O[C@@H]1OC(C)(C)O[C@@H]12. The molecule has 0 aromatic heterocycles. The maximum Gasteiger partial charge on any atom is 0.190 e. The first-order valence-electron chi connectivity index (χ1n) is 9.07. The highest BCUT2D eigenvalue weighted by Crippen LogP contribution is 2.44. The molecule has 3 aliphatic heterocycles. The molecular weight excluding hydrogens is 326 g/mol. The maximum absolute atomic E-state index is 12.4. The summed E-state index contributed by atoms with van der Waals surface area (Å²) in [6, 6.07) is 0. The van der Waals surface area contributed by atoms with E-state index in [1.165, 1.54) is 0 Å². The second-order valence-corrected chi connectivity index (χ2v) is 8.11. The number of allylic oxidation sites excluding steroid dienone is 2. The van der Waals surface area contributed by atoms with E-state index in [1.807, 2.05) is 27.7 Å². The predicted molar refractivity (Wildman–Crippen MR) is 89.0 cm³/mol. The molecule has 3 fully saturated rings. The minimum Gasteiger partial charge on any atom is -0.624 e. The van der Waals surface area contributed by atoms with Crippen molar-refractivity contribution in [1.82, 2.24) is 0 Å². The number of hydroxylamine groups is 1. The second-order valence-electron chi connectivity index (χ2n) is 8.11. The molecule has 25 heavy (non-hydrogen) atoms. The highest BCUT2D eigenvalue weighted by molar-refractivity contribution is 5.74. The van der Waals surface area contributed by atoms with Crippen LogP contribution in [0.5, 0.6) is 0 Å². The molecule has 0 aromatic carbocycles. The third-order valence-electron chi connectivity index (χ3n) is 5.00. The molecule has 0 saturated carbocycles. The Morgan fingerprint density at radius 3 is 2.48 bits per heavy atom. The van der Waals surface area contributed by atoms with Gasteiger partial charge in [-0.3, -0.25) is 0 Å². The average molecular weight is 353 g/mol. The summed E-state index contributed by atoms with van der Waals surface area (Å²) in [5.41, 5.74) is 1.09. The van der Waals surface area contributed by atoms with E-state index >= 15 is 0 Å². The van der Waals surface area contributed by atoms with Crippen LogP contribution < -0.4 is 0 Å². The Labute approximate surface area is 148 Å². The predicted octanol–water partition coefficient (Wildman–Crippen LogP) is 2.07. The van der Waals surface area contributed by atoms with Crippen LogP contribution in [0.2, 0.25) is 0 Å². The lowest BCUT2D eigenvalue weighted by atomic mass is 9.99. The maximum atomic E-state index is 12.4. The molecule has 0 N–H and O–H groups in total. The van der Waals surface area contributed by atoms with Crippen molar-refractivity contribution in [2.24, 2.45) is 0 Å². The smallest absolute Gasteiger partial charge is 0.190 e. The highest BCUT2D eigenvalue weighted by atomic mass is 16.9. The van der Waals surface area contributed by atoms with Crippen LogP contribution in [0.25, 0.3) is 0 Å². The van der Waals surface area contributed by atoms with Gasteiger partial charge in [-0.2, -0.15) is 0 Å². The topological polar surface area (TPSA) is 72.2 Å². The van der Waals surface area contributed by atoms with Gasteiger partial charge in [-0.15, -0.1) is 0 Å². The van der Waals surface area contributed by atoms with Gasteiger partial charge in [0.1, 0.15) is 24.4 Å². The Balaban J connectivity index is 1.53. The van der Waals surface area contributed by atoms with Crippen molar-refractivity contribution >= 4 is 6.21 Å². The van der Waals surface area contributed by atoms with Gasteiger partial charge in [-0.1, -0.05) is 6.08 Å². The van der Waals surface area contributed by atoms with E-state index in [-0.39, 0.29) is 24.9 Å². The average Bonchev–Trinajstić information content (AvgIpc) is 3.15. The van der Waals surface area contributed by atoms with Crippen LogP contribution in [0.4, 0.5) is 0 Å². The van der Waals surface area contributed by atoms with Crippen LogP contribution in [0.15, 0.2) is 11.6 Å². The molecule has 3 saturated heterocycles. The lowest BCUT2D eigenvalue weighted by molar-refractivity contribution is -0.475. The zero-order chi connectivity index (χ0) is 17.8. The molecule has 0 unspecified atom stereocenters. The summed E-state index contributed by atoms with van der Waals surface area (Å²) in [5.74, 6) is -1.49. The first kappa shape index (κ1) is 17.4. The number of rotatable bonds is 3. The summed E-state index contributed by atoms with van der Waals surface area (Å²) in [5, 5.41) is 12.4. The summed E-state index contributed by atoms with van der Waals surface area (Å²) in [6.45, 7) is 7.59. The summed E-state index contributed by atoms with van der Waals surface area (Å²) < 4.78 is 30.9. The van der Waals surface area contributed by atoms with Gasteiger partial charge in [0.15, 0.2) is 30.6 Å². The van der Waals surface area contributed by atoms with Crippen LogP contribution in [0.3, 0.4) is 0 Å². The van der Waals surface area contributed by atoms with Gasteiger partial charge in [0.05, 0.1) is 0 Å². The van der Waals surface area contributed by atoms with Crippen LogP contribution in [-0.4, -0.2) is 59.8 Å². The molecule has 4 aliphatic rings. The molecule has 0 bridgehead atoms. The lowest BCUT2D eigenvalue weighted by Crippen LogP contribution is -2.56. The minimum atomic E-state index is -0.747. The molecule has 0 aromatic rings. The molecule has 1 aliphatic carbocycles. The summed E-state index contributed by atoms with van der Waals surface area (Å²) >= 11 is 0. The summed E-state index contributed by atoms with van der Waals surface area (Å²) in [7, 11) is 0. The fourth-order valence-corrected chi connectivity index (χ4v) is 4.07. The number of fused-ring (bicyclic) bond motifs is 3. The van der Waals surface area contributed by atoms with Gasteiger partial charge in [0.25, 0.3) is 0 Å². The zero-order valence-electron chi connectivity index (χ0n) is 15.3. The monoisotopic (exact) mass is 353 g/mol. The Hall–Kier alpha value is -0.990. The Morgan fingerprint density at radius 2 is 1.76 bits per heavy atom. The van der Waals surface area contributed by atoms with E-state index in [2.05, 4.69) is 6.08 Å². The van der Waals surface area contributed by atoms with Gasteiger partial charge < -0.3 is 28.9 Å². The molecule has 0 spiro atoms. The number of nitrogens with zero attached hydrogens (tertiary/aromatic N) is 1. The van der Waals surface area contributed by atoms with E-state index in [1.54, 1.807) is 6.21 Å². The van der Waals surface area contributed by atoms with Crippen molar-refractivity contribution in [3.63, 3.8) is 0 Å². The minimum absolute atomic E-state index is 0.172. The zero-order valence-corrected chi connectivity index (χ0v) is 15.3. The molecule has 4 rings (SSSR count). The molecule has 7 heteroatoms. The first-order valence-corrected chi connectivity index (χ1v) is 9.07. The molecule has 0 radical (unpaired) electrons. The third-order valence-corrected chi connectivity index (χ3v) is 5.00. The van der Waals surface area contributed by atoms with Crippen molar-refractivity contribution in [3.8, 4) is 0 Å². The standard InChI is InChI=1S/C18H27NO6/c1-17(2)22-13-12(10-19(20)9-11-7-5-6-8-11)21-16-15(14(13)23-17)24-18(3,4)25-16/h7,9,12-16H,5-6,8,10H2,1-4H3/b19-9-/t12-,13+,14+,15-,16-/m1/s1. The van der Waals surface area contributed by atoms with Gasteiger partial charge in [0.2, 0.25) is 0 Å². The molecular formula is C18H27NO6. The van der Waals surface area contributed by atoms with Gasteiger partial charge in [-0.25, -0.2) is 4.74 Å². The normalized spacial score (nSPS) is 42.2. The second kappa shape index (κ2) is 6.03. The van der Waals surface area contributed by atoms with Crippen molar-refractivity contribution in [1.29, 1.82) is 0 Å². The molecule has 5 atom stereocenters. The first-order chi connectivity index (χ1) is 11.7. The molecule has 7 nitrogen and oxygen atoms in total. The largest absolute Gasteiger partial charge is 0.624 e. The van der Waals surface area contributed by atoms with Crippen molar-refractivity contribution < 1.29 is 28.4 Å². The van der Waals surface area contributed by atoms with E-state index in [0.29, 0.717) is 0 Å². The van der Waals surface area contributed by atoms with Crippen molar-refractivity contribution in [2.45, 2.75) is 89.2 Å². The molecule has 0 amide bonds. The fourth-order valence-electron chi connectivity index (χ4n) is 4.07. The number of hydrogen-bond donors (Lipinski definition) is 0. The van der Waals surface area contributed by atoms with Crippen molar-refractivity contribution in [2.75, 3.05) is 6.54 Å². The number of ether oxygens (including phenoxy) is 5. The van der Waals surface area contributed by atoms with Gasteiger partial charge in [0, 0.05) is 5.57 Å². The Kier molecular flexibility index (Phi) is 4.20. The number of hydrogen-bond acceptors (Lipinski definition) is 6. The van der Waals surface area contributed by atoms with Crippen LogP contribution in [0.1, 0.15) is 47.0 Å². The van der Waals surface area contributed by atoms with E-state index in [0.717, 1.165) is 29.6 Å². The quantitative estimate of drug-likeness (QED) is 0.335. The summed E-state index contributed by atoms with van der Waals surface area (Å²) in [4.78, 5) is 0. The van der Waals surface area contributed by atoms with Gasteiger partial charge >= 0.3 is 0 Å². The van der Waals surface area contributed by atoms with E-state index < -0.39 is 24.0 Å². The lowest BCUT2D eigenvalue weighted by Gasteiger charge is -2.36.